The fraction of sp³-hybridized carbons (Fsp3) is 0.400. The van der Waals surface area contributed by atoms with E-state index in [0.29, 0.717) is 6.42 Å². The zero-order valence-corrected chi connectivity index (χ0v) is 14.3. The third kappa shape index (κ3) is 2.80. The molecule has 0 atom stereocenters. The number of fused-ring (bicyclic) bond motifs is 1. The third-order valence-electron chi connectivity index (χ3n) is 3.84. The smallest absolute Gasteiger partial charge is 0.283 e. The predicted octanol–water partition coefficient (Wildman–Crippen LogP) is 2.11. The van der Waals surface area contributed by atoms with Crippen molar-refractivity contribution in [3.05, 3.63) is 47.3 Å². The van der Waals surface area contributed by atoms with Gasteiger partial charge in [-0.2, -0.15) is 17.6 Å². The van der Waals surface area contributed by atoms with Crippen molar-refractivity contribution in [2.24, 2.45) is 0 Å². The zero-order valence-electron chi connectivity index (χ0n) is 12.7. The van der Waals surface area contributed by atoms with E-state index in [4.69, 9.17) is 0 Å². The minimum Gasteiger partial charge on any atom is -0.289 e. The summed E-state index contributed by atoms with van der Waals surface area (Å²) in [5, 5.41) is 4.16. The Balaban J connectivity index is 1.95. The van der Waals surface area contributed by atoms with Gasteiger partial charge in [-0.25, -0.2) is 0 Å². The summed E-state index contributed by atoms with van der Waals surface area (Å²) in [4.78, 5) is 2.59. The van der Waals surface area contributed by atoms with Crippen LogP contribution in [-0.2, 0) is 23.0 Å². The van der Waals surface area contributed by atoms with Crippen molar-refractivity contribution in [1.29, 1.82) is 0 Å². The minimum atomic E-state index is -3.60. The van der Waals surface area contributed by atoms with Crippen molar-refractivity contribution >= 4 is 21.8 Å². The lowest BCUT2D eigenvalue weighted by Gasteiger charge is -2.26. The number of aryl methyl sites for hydroxylation is 1. The van der Waals surface area contributed by atoms with Gasteiger partial charge >= 0.3 is 0 Å². The Morgan fingerprint density at radius 2 is 2.00 bits per heavy atom. The quantitative estimate of drug-likeness (QED) is 0.855. The van der Waals surface area contributed by atoms with Crippen LogP contribution in [0.25, 0.3) is 0 Å². The Hall–Kier alpha value is -1.31. The molecule has 2 aromatic rings. The molecule has 1 aliphatic heterocycles. The van der Waals surface area contributed by atoms with Gasteiger partial charge in [0, 0.05) is 31.0 Å². The lowest BCUT2D eigenvalue weighted by molar-refractivity contribution is 0.298. The molecule has 0 aliphatic carbocycles. The first kappa shape index (κ1) is 15.6. The molecule has 0 N–H and O–H groups in total. The standard InChI is InChI=1S/C15H19N3O2S2/c1-12-3-5-14(6-4-12)22(19,20)18-15-7-8-17(11-21-2)10-13(15)9-16-18/h3-6,9H,7-8,10-11H2,1-2H3. The van der Waals surface area contributed by atoms with E-state index in [9.17, 15) is 8.42 Å². The van der Waals surface area contributed by atoms with Crippen LogP contribution in [0.2, 0.25) is 0 Å². The highest BCUT2D eigenvalue weighted by Gasteiger charge is 2.27. The molecule has 0 unspecified atom stereocenters. The molecule has 7 heteroatoms. The summed E-state index contributed by atoms with van der Waals surface area (Å²) in [7, 11) is -3.60. The van der Waals surface area contributed by atoms with E-state index in [1.807, 2.05) is 19.1 Å². The second kappa shape index (κ2) is 6.06. The Bertz CT molecular complexity index is 767. The lowest BCUT2D eigenvalue weighted by Crippen LogP contribution is -2.31. The Morgan fingerprint density at radius 3 is 2.68 bits per heavy atom. The van der Waals surface area contributed by atoms with Gasteiger partial charge in [-0.05, 0) is 25.3 Å². The first-order valence-electron chi connectivity index (χ1n) is 7.11. The molecule has 1 aromatic carbocycles. The van der Waals surface area contributed by atoms with Gasteiger partial charge in [0.15, 0.2) is 0 Å². The molecule has 5 nitrogen and oxygen atoms in total. The van der Waals surface area contributed by atoms with E-state index in [0.717, 1.165) is 35.8 Å². The molecule has 22 heavy (non-hydrogen) atoms. The van der Waals surface area contributed by atoms with Gasteiger partial charge in [-0.15, -0.1) is 11.8 Å². The molecule has 0 bridgehead atoms. The van der Waals surface area contributed by atoms with Gasteiger partial charge in [0.1, 0.15) is 0 Å². The molecule has 1 aliphatic rings. The second-order valence-corrected chi connectivity index (χ2v) is 8.10. The number of thioether (sulfide) groups is 1. The van der Waals surface area contributed by atoms with Crippen molar-refractivity contribution in [2.75, 3.05) is 18.7 Å². The van der Waals surface area contributed by atoms with E-state index in [1.165, 1.54) is 4.09 Å². The van der Waals surface area contributed by atoms with Crippen LogP contribution in [0.15, 0.2) is 35.4 Å². The fourth-order valence-electron chi connectivity index (χ4n) is 2.67. The summed E-state index contributed by atoms with van der Waals surface area (Å²) in [5.74, 6) is 0.954. The van der Waals surface area contributed by atoms with E-state index in [2.05, 4.69) is 16.3 Å². The van der Waals surface area contributed by atoms with Gasteiger partial charge in [0.05, 0.1) is 16.8 Å². The van der Waals surface area contributed by atoms with Gasteiger partial charge in [-0.3, -0.25) is 4.90 Å². The minimum absolute atomic E-state index is 0.288. The first-order valence-corrected chi connectivity index (χ1v) is 9.95. The molecule has 2 heterocycles. The summed E-state index contributed by atoms with van der Waals surface area (Å²) in [5.41, 5.74) is 2.86. The Labute approximate surface area is 135 Å². The van der Waals surface area contributed by atoms with Crippen LogP contribution in [0.3, 0.4) is 0 Å². The lowest BCUT2D eigenvalue weighted by atomic mass is 10.1. The maximum Gasteiger partial charge on any atom is 0.283 e. The maximum atomic E-state index is 12.8. The van der Waals surface area contributed by atoms with Gasteiger partial charge in [0.2, 0.25) is 0 Å². The molecule has 1 aromatic heterocycles. The number of aromatic nitrogens is 2. The molecule has 0 fully saturated rings. The number of hydrogen-bond acceptors (Lipinski definition) is 5. The molecule has 3 rings (SSSR count). The highest BCUT2D eigenvalue weighted by molar-refractivity contribution is 7.98. The van der Waals surface area contributed by atoms with E-state index < -0.39 is 10.0 Å². The molecule has 0 spiro atoms. The van der Waals surface area contributed by atoms with Crippen molar-refractivity contribution in [1.82, 2.24) is 14.1 Å². The largest absolute Gasteiger partial charge is 0.289 e. The van der Waals surface area contributed by atoms with Gasteiger partial charge in [-0.1, -0.05) is 17.7 Å². The molecular weight excluding hydrogens is 318 g/mol. The topological polar surface area (TPSA) is 55.2 Å². The highest BCUT2D eigenvalue weighted by atomic mass is 32.2. The molecular formula is C15H19N3O2S2. The summed E-state index contributed by atoms with van der Waals surface area (Å²) in [6.45, 7) is 3.56. The highest BCUT2D eigenvalue weighted by Crippen LogP contribution is 2.23. The van der Waals surface area contributed by atoms with Crippen LogP contribution < -0.4 is 0 Å². The Morgan fingerprint density at radius 1 is 1.27 bits per heavy atom. The maximum absolute atomic E-state index is 12.8. The van der Waals surface area contributed by atoms with E-state index in [-0.39, 0.29) is 4.90 Å². The average molecular weight is 337 g/mol. The number of hydrogen-bond donors (Lipinski definition) is 0. The molecule has 0 saturated carbocycles. The van der Waals surface area contributed by atoms with Crippen LogP contribution in [0.4, 0.5) is 0 Å². The summed E-state index contributed by atoms with van der Waals surface area (Å²) in [6.07, 6.45) is 4.47. The first-order chi connectivity index (χ1) is 10.5. The van der Waals surface area contributed by atoms with Crippen LogP contribution in [0, 0.1) is 6.92 Å². The van der Waals surface area contributed by atoms with Gasteiger partial charge < -0.3 is 0 Å². The zero-order chi connectivity index (χ0) is 15.7. The second-order valence-electron chi connectivity index (χ2n) is 5.50. The van der Waals surface area contributed by atoms with Crippen molar-refractivity contribution in [3.8, 4) is 0 Å². The molecule has 0 saturated heterocycles. The van der Waals surface area contributed by atoms with Crippen LogP contribution in [-0.4, -0.2) is 41.2 Å². The van der Waals surface area contributed by atoms with Crippen molar-refractivity contribution < 1.29 is 8.42 Å². The Kier molecular flexibility index (Phi) is 4.29. The van der Waals surface area contributed by atoms with Crippen molar-refractivity contribution in [3.63, 3.8) is 0 Å². The molecule has 0 amide bonds. The number of rotatable bonds is 4. The normalized spacial score (nSPS) is 15.7. The average Bonchev–Trinajstić information content (AvgIpc) is 2.92. The molecule has 0 radical (unpaired) electrons. The summed E-state index contributed by atoms with van der Waals surface area (Å²) < 4.78 is 26.7. The predicted molar refractivity (Wildman–Crippen MR) is 88.5 cm³/mol. The molecule has 118 valence electrons. The summed E-state index contributed by atoms with van der Waals surface area (Å²) in [6, 6.07) is 6.90. The summed E-state index contributed by atoms with van der Waals surface area (Å²) >= 11 is 1.77. The monoisotopic (exact) mass is 337 g/mol. The van der Waals surface area contributed by atoms with Crippen LogP contribution in [0.1, 0.15) is 16.8 Å². The van der Waals surface area contributed by atoms with Crippen LogP contribution in [0.5, 0.6) is 0 Å². The van der Waals surface area contributed by atoms with E-state index in [1.54, 1.807) is 30.1 Å². The number of benzene rings is 1. The van der Waals surface area contributed by atoms with Crippen molar-refractivity contribution in [2.45, 2.75) is 24.8 Å². The SMILES string of the molecule is CSCN1CCc2c(cnn2S(=O)(=O)c2ccc(C)cc2)C1. The van der Waals surface area contributed by atoms with E-state index >= 15 is 0 Å². The fourth-order valence-corrected chi connectivity index (χ4v) is 4.61. The number of nitrogens with zero attached hydrogens (tertiary/aromatic N) is 3. The van der Waals surface area contributed by atoms with Crippen LogP contribution >= 0.6 is 11.8 Å². The van der Waals surface area contributed by atoms with Gasteiger partial charge in [0.25, 0.3) is 10.0 Å². The third-order valence-corrected chi connectivity index (χ3v) is 6.10.